The monoisotopic (exact) mass is 633 g/mol. The first-order chi connectivity index (χ1) is 20.7. The number of nitrogens with zero attached hydrogens (tertiary/aromatic N) is 3. The van der Waals surface area contributed by atoms with Crippen LogP contribution in [0.4, 0.5) is 18.3 Å². The van der Waals surface area contributed by atoms with Crippen molar-refractivity contribution in [1.82, 2.24) is 10.1 Å². The number of piperidine rings is 1. The first-order valence-electron chi connectivity index (χ1n) is 13.7. The number of hydrogen-bond donors (Lipinski definition) is 1. The number of carbonyl (C=O) groups excluding carboxylic acids is 1. The Balaban J connectivity index is 1.14. The van der Waals surface area contributed by atoms with Crippen molar-refractivity contribution in [2.24, 2.45) is 0 Å². The molecule has 9 nitrogen and oxygen atoms in total. The number of carbonyl (C=O) groups is 2. The largest absolute Gasteiger partial charge is 0.478 e. The average molecular weight is 634 g/mol. The molecule has 2 bridgehead atoms. The van der Waals surface area contributed by atoms with Crippen LogP contribution in [0.2, 0.25) is 5.02 Å². The lowest BCUT2D eigenvalue weighted by molar-refractivity contribution is -0.0494. The molecule has 1 N–H and O–H groups in total. The predicted octanol–water partition coefficient (Wildman–Crippen LogP) is 7.28. The minimum Gasteiger partial charge on any atom is -0.478 e. The van der Waals surface area contributed by atoms with Gasteiger partial charge in [0, 0.05) is 30.8 Å². The molecule has 3 atom stereocenters. The number of aromatic carboxylic acids is 1. The van der Waals surface area contributed by atoms with E-state index in [0.29, 0.717) is 28.4 Å². The molecule has 3 fully saturated rings. The van der Waals surface area contributed by atoms with E-state index in [-0.39, 0.29) is 56.7 Å². The lowest BCUT2D eigenvalue weighted by Crippen LogP contribution is -2.46. The smallest absolute Gasteiger partial charge is 0.387 e. The number of ether oxygens (including phenoxy) is 2. The van der Waals surface area contributed by atoms with Crippen LogP contribution in [0, 0.1) is 5.82 Å². The van der Waals surface area contributed by atoms with Crippen LogP contribution in [0.3, 0.4) is 0 Å². The van der Waals surface area contributed by atoms with Crippen LogP contribution in [0.5, 0.6) is 5.75 Å². The van der Waals surface area contributed by atoms with Crippen LogP contribution in [0.15, 0.2) is 34.9 Å². The fourth-order valence-corrected chi connectivity index (χ4v) is 7.60. The van der Waals surface area contributed by atoms with E-state index in [9.17, 15) is 27.9 Å². The van der Waals surface area contributed by atoms with Crippen LogP contribution in [-0.4, -0.2) is 52.0 Å². The van der Waals surface area contributed by atoms with Crippen molar-refractivity contribution in [2.75, 3.05) is 4.90 Å². The first-order valence-corrected chi connectivity index (χ1v) is 14.9. The first kappa shape index (κ1) is 28.0. The Morgan fingerprint density at radius 1 is 1.14 bits per heavy atom. The third-order valence-corrected chi connectivity index (χ3v) is 9.50. The molecule has 224 valence electrons. The molecular formula is C29H23ClF3N3O6S. The van der Waals surface area contributed by atoms with E-state index in [1.165, 1.54) is 35.6 Å². The maximum absolute atomic E-state index is 14.6. The van der Waals surface area contributed by atoms with Gasteiger partial charge in [-0.05, 0) is 49.9 Å². The van der Waals surface area contributed by atoms with Crippen molar-refractivity contribution in [1.29, 1.82) is 0 Å². The molecule has 0 amide bonds. The summed E-state index contributed by atoms with van der Waals surface area (Å²) in [4.78, 5) is 31.7. The highest BCUT2D eigenvalue weighted by Gasteiger charge is 2.45. The van der Waals surface area contributed by atoms with E-state index in [1.54, 1.807) is 0 Å². The Morgan fingerprint density at radius 3 is 2.56 bits per heavy atom. The normalized spacial score (nSPS) is 21.5. The molecule has 2 aromatic carbocycles. The molecule has 4 heterocycles. The van der Waals surface area contributed by atoms with Gasteiger partial charge in [-0.2, -0.15) is 8.78 Å². The number of carboxylic acid groups (broad SMARTS) is 1. The Morgan fingerprint density at radius 2 is 1.88 bits per heavy atom. The Bertz CT molecular complexity index is 1740. The van der Waals surface area contributed by atoms with Crippen LogP contribution in [0.1, 0.15) is 70.9 Å². The number of aromatic nitrogens is 2. The van der Waals surface area contributed by atoms with Gasteiger partial charge in [-0.3, -0.25) is 0 Å². The summed E-state index contributed by atoms with van der Waals surface area (Å²) >= 11 is 7.62. The van der Waals surface area contributed by atoms with Gasteiger partial charge in [0.1, 0.15) is 28.6 Å². The van der Waals surface area contributed by atoms with Gasteiger partial charge in [0.2, 0.25) is 0 Å². The predicted molar refractivity (Wildman–Crippen MR) is 150 cm³/mol. The fourth-order valence-electron chi connectivity index (χ4n) is 6.18. The highest BCUT2D eigenvalue weighted by Crippen LogP contribution is 2.48. The van der Waals surface area contributed by atoms with E-state index in [1.807, 2.05) is 0 Å². The summed E-state index contributed by atoms with van der Waals surface area (Å²) in [6.07, 6.45) is 3.74. The Kier molecular flexibility index (Phi) is 6.96. The van der Waals surface area contributed by atoms with Gasteiger partial charge >= 0.3 is 18.6 Å². The topological polar surface area (TPSA) is 115 Å². The van der Waals surface area contributed by atoms with Gasteiger partial charge in [-0.15, -0.1) is 0 Å². The highest BCUT2D eigenvalue weighted by molar-refractivity contribution is 7.22. The molecule has 14 heteroatoms. The molecule has 1 aliphatic carbocycles. The highest BCUT2D eigenvalue weighted by atomic mass is 35.5. The number of carboxylic acids is 1. The summed E-state index contributed by atoms with van der Waals surface area (Å²) in [5, 5.41) is 14.0. The number of alkyl halides is 2. The maximum atomic E-state index is 14.6. The summed E-state index contributed by atoms with van der Waals surface area (Å²) in [6, 6.07) is 6.59. The van der Waals surface area contributed by atoms with Crippen molar-refractivity contribution < 1.29 is 41.9 Å². The zero-order valence-electron chi connectivity index (χ0n) is 22.3. The van der Waals surface area contributed by atoms with E-state index in [0.717, 1.165) is 31.7 Å². The molecule has 4 aromatic rings. The number of esters is 1. The third kappa shape index (κ3) is 5.07. The zero-order chi connectivity index (χ0) is 30.0. The molecule has 2 aliphatic heterocycles. The molecule has 7 rings (SSSR count). The summed E-state index contributed by atoms with van der Waals surface area (Å²) < 4.78 is 57.7. The van der Waals surface area contributed by atoms with Gasteiger partial charge in [0.05, 0.1) is 20.8 Å². The quantitative estimate of drug-likeness (QED) is 0.200. The standard InChI is InChI=1S/C29H23ClF3N3O6S/c30-17-2-1-3-19(41-28(32)33)21(17)24-22(25(42-35-24)12-4-5-12)27(39)40-16-10-14-6-7-15(11-16)36(14)29-34-23-18(31)8-13(26(37)38)9-20(23)43-29/h1-3,8-9,12,14-16,28H,4-7,10-11H2,(H,37,38)/t14-,15+,16?. The minimum absolute atomic E-state index is 0.00853. The SMILES string of the molecule is O=C(O)c1cc(F)c2nc(N3[C@@H]4CC[C@H]3CC(OC(=O)c3c(-c5c(Cl)cccc5OC(F)F)noc3C3CC3)C4)sc2c1. The van der Waals surface area contributed by atoms with Crippen LogP contribution in [-0.2, 0) is 4.74 Å². The third-order valence-electron chi connectivity index (χ3n) is 8.17. The number of anilines is 1. The van der Waals surface area contributed by atoms with E-state index >= 15 is 0 Å². The Hall–Kier alpha value is -3.84. The lowest BCUT2D eigenvalue weighted by atomic mass is 9.99. The molecule has 3 aliphatic rings. The number of hydrogen-bond acceptors (Lipinski definition) is 9. The zero-order valence-corrected chi connectivity index (χ0v) is 23.8. The maximum Gasteiger partial charge on any atom is 0.387 e. The number of halogens is 4. The van der Waals surface area contributed by atoms with Crippen molar-refractivity contribution in [3.63, 3.8) is 0 Å². The fraction of sp³-hybridized carbons (Fsp3) is 0.379. The molecule has 2 saturated heterocycles. The second-order valence-electron chi connectivity index (χ2n) is 10.9. The number of fused-ring (bicyclic) bond motifs is 3. The Labute approximate surface area is 251 Å². The summed E-state index contributed by atoms with van der Waals surface area (Å²) in [5.41, 5.74) is 0.0553. The van der Waals surface area contributed by atoms with Crippen molar-refractivity contribution in [2.45, 2.75) is 69.2 Å². The molecular weight excluding hydrogens is 611 g/mol. The van der Waals surface area contributed by atoms with Gasteiger partial charge in [0.15, 0.2) is 16.7 Å². The van der Waals surface area contributed by atoms with Crippen molar-refractivity contribution in [3.8, 4) is 17.0 Å². The molecule has 2 aromatic heterocycles. The summed E-state index contributed by atoms with van der Waals surface area (Å²) in [7, 11) is 0. The van der Waals surface area contributed by atoms with Crippen molar-refractivity contribution in [3.05, 3.63) is 58.1 Å². The van der Waals surface area contributed by atoms with E-state index in [2.05, 4.69) is 19.8 Å². The van der Waals surface area contributed by atoms with Crippen LogP contribution < -0.4 is 9.64 Å². The molecule has 0 spiro atoms. The van der Waals surface area contributed by atoms with Gasteiger partial charge in [-0.1, -0.05) is 34.2 Å². The summed E-state index contributed by atoms with van der Waals surface area (Å²) in [5.74, 6) is -2.52. The number of rotatable bonds is 8. The van der Waals surface area contributed by atoms with Crippen molar-refractivity contribution >= 4 is 50.2 Å². The van der Waals surface area contributed by atoms with Crippen LogP contribution in [0.25, 0.3) is 21.5 Å². The average Bonchev–Trinajstić information content (AvgIpc) is 3.45. The molecule has 43 heavy (non-hydrogen) atoms. The lowest BCUT2D eigenvalue weighted by Gasteiger charge is -2.38. The number of thiazole rings is 1. The molecule has 1 unspecified atom stereocenters. The second kappa shape index (κ2) is 10.7. The van der Waals surface area contributed by atoms with Gasteiger partial charge in [0.25, 0.3) is 0 Å². The minimum atomic E-state index is -3.12. The van der Waals surface area contributed by atoms with Gasteiger partial charge < -0.3 is 24.0 Å². The molecule has 1 saturated carbocycles. The second-order valence-corrected chi connectivity index (χ2v) is 12.3. The molecule has 0 radical (unpaired) electrons. The van der Waals surface area contributed by atoms with Crippen LogP contribution >= 0.6 is 22.9 Å². The van der Waals surface area contributed by atoms with Gasteiger partial charge in [-0.25, -0.2) is 19.0 Å². The number of benzene rings is 2. The summed E-state index contributed by atoms with van der Waals surface area (Å²) in [6.45, 7) is -3.12. The van der Waals surface area contributed by atoms with E-state index in [4.69, 9.17) is 20.9 Å². The van der Waals surface area contributed by atoms with E-state index < -0.39 is 30.5 Å².